The van der Waals surface area contributed by atoms with Gasteiger partial charge in [-0.1, -0.05) is 18.8 Å². The van der Waals surface area contributed by atoms with Crippen LogP contribution in [0.1, 0.15) is 18.9 Å². The molecule has 0 bridgehead atoms. The molecule has 5 nitrogen and oxygen atoms in total. The quantitative estimate of drug-likeness (QED) is 0.744. The Labute approximate surface area is 101 Å². The van der Waals surface area contributed by atoms with Gasteiger partial charge in [0.25, 0.3) is 0 Å². The molecule has 92 valence electrons. The molecule has 1 rings (SSSR count). The Morgan fingerprint density at radius 1 is 1.47 bits per heavy atom. The Balaban J connectivity index is 2.99. The molecule has 3 N–H and O–H groups in total. The van der Waals surface area contributed by atoms with Gasteiger partial charge in [0, 0.05) is 24.5 Å². The fraction of sp³-hybridized carbons (Fsp3) is 0.364. The summed E-state index contributed by atoms with van der Waals surface area (Å²) in [5.41, 5.74) is 5.78. The van der Waals surface area contributed by atoms with Gasteiger partial charge in [0.1, 0.15) is 4.90 Å². The highest BCUT2D eigenvalue weighted by molar-refractivity contribution is 7.89. The number of rotatable bonds is 4. The molecule has 0 aliphatic carbocycles. The maximum absolute atomic E-state index is 11.8. The molecule has 0 aliphatic heterocycles. The minimum absolute atomic E-state index is 0.120. The van der Waals surface area contributed by atoms with Crippen LogP contribution in [0.25, 0.3) is 0 Å². The first-order valence-corrected chi connectivity index (χ1v) is 6.72. The Bertz CT molecular complexity index is 529. The van der Waals surface area contributed by atoms with Crippen molar-refractivity contribution < 1.29 is 8.42 Å². The molecule has 1 aromatic heterocycles. The molecular formula is C11H15N3O2S. The van der Waals surface area contributed by atoms with Gasteiger partial charge < -0.3 is 5.73 Å². The Morgan fingerprint density at radius 3 is 2.88 bits per heavy atom. The first-order valence-electron chi connectivity index (χ1n) is 5.24. The second-order valence-electron chi connectivity index (χ2n) is 3.31. The molecule has 0 unspecified atom stereocenters. The second kappa shape index (κ2) is 6.35. The molecule has 0 atom stereocenters. The SMILES string of the molecule is CCCNS(=O)(=O)c1cncc(C#CCN)c1. The van der Waals surface area contributed by atoms with Gasteiger partial charge in [-0.2, -0.15) is 0 Å². The molecule has 0 aromatic carbocycles. The zero-order valence-electron chi connectivity index (χ0n) is 9.60. The van der Waals surface area contributed by atoms with Gasteiger partial charge in [-0.05, 0) is 12.5 Å². The van der Waals surface area contributed by atoms with Crippen LogP contribution in [0, 0.1) is 11.8 Å². The molecule has 0 saturated carbocycles. The molecule has 0 radical (unpaired) electrons. The number of nitrogens with zero attached hydrogens (tertiary/aromatic N) is 1. The monoisotopic (exact) mass is 253 g/mol. The van der Waals surface area contributed by atoms with E-state index in [1.807, 2.05) is 6.92 Å². The smallest absolute Gasteiger partial charge is 0.242 e. The Hall–Kier alpha value is -1.42. The molecule has 6 heteroatoms. The predicted molar refractivity (Wildman–Crippen MR) is 65.6 cm³/mol. The number of nitrogens with two attached hydrogens (primary N) is 1. The van der Waals surface area contributed by atoms with Crippen molar-refractivity contribution >= 4 is 10.0 Å². The van der Waals surface area contributed by atoms with Gasteiger partial charge in [-0.15, -0.1) is 0 Å². The van der Waals surface area contributed by atoms with E-state index in [4.69, 9.17) is 5.73 Å². The number of pyridine rings is 1. The van der Waals surface area contributed by atoms with Gasteiger partial charge in [-0.3, -0.25) is 4.98 Å². The number of sulfonamides is 1. The Morgan fingerprint density at radius 2 is 2.24 bits per heavy atom. The van der Waals surface area contributed by atoms with Crippen LogP contribution in [0.15, 0.2) is 23.4 Å². The van der Waals surface area contributed by atoms with Crippen LogP contribution >= 0.6 is 0 Å². The van der Waals surface area contributed by atoms with Gasteiger partial charge >= 0.3 is 0 Å². The van der Waals surface area contributed by atoms with Crippen LogP contribution in [0.4, 0.5) is 0 Å². The van der Waals surface area contributed by atoms with Crippen LogP contribution in [0.3, 0.4) is 0 Å². The summed E-state index contributed by atoms with van der Waals surface area (Å²) in [6.07, 6.45) is 3.53. The normalized spacial score (nSPS) is 10.7. The lowest BCUT2D eigenvalue weighted by Crippen LogP contribution is -2.24. The maximum atomic E-state index is 11.8. The van der Waals surface area contributed by atoms with Crippen molar-refractivity contribution in [3.05, 3.63) is 24.0 Å². The lowest BCUT2D eigenvalue weighted by molar-refractivity contribution is 0.580. The van der Waals surface area contributed by atoms with Crippen LogP contribution in [-0.2, 0) is 10.0 Å². The zero-order chi connectivity index (χ0) is 12.7. The summed E-state index contributed by atoms with van der Waals surface area (Å²) in [5, 5.41) is 0. The predicted octanol–water partition coefficient (Wildman–Crippen LogP) is 0.0801. The van der Waals surface area contributed by atoms with E-state index < -0.39 is 10.0 Å². The lowest BCUT2D eigenvalue weighted by Gasteiger charge is -2.04. The third kappa shape index (κ3) is 4.15. The number of nitrogens with one attached hydrogen (secondary N) is 1. The third-order valence-electron chi connectivity index (χ3n) is 1.90. The largest absolute Gasteiger partial charge is 0.320 e. The average molecular weight is 253 g/mol. The van der Waals surface area contributed by atoms with E-state index >= 15 is 0 Å². The van der Waals surface area contributed by atoms with E-state index in [1.165, 1.54) is 18.5 Å². The second-order valence-corrected chi connectivity index (χ2v) is 5.08. The summed E-state index contributed by atoms with van der Waals surface area (Å²) in [4.78, 5) is 3.97. The van der Waals surface area contributed by atoms with Crippen molar-refractivity contribution in [3.8, 4) is 11.8 Å². The number of hydrogen-bond acceptors (Lipinski definition) is 4. The minimum Gasteiger partial charge on any atom is -0.320 e. The van der Waals surface area contributed by atoms with Crippen molar-refractivity contribution in [2.45, 2.75) is 18.2 Å². The highest BCUT2D eigenvalue weighted by atomic mass is 32.2. The van der Waals surface area contributed by atoms with Crippen molar-refractivity contribution in [2.24, 2.45) is 5.73 Å². The van der Waals surface area contributed by atoms with Crippen molar-refractivity contribution in [1.29, 1.82) is 0 Å². The molecule has 0 fully saturated rings. The first kappa shape index (κ1) is 13.6. The zero-order valence-corrected chi connectivity index (χ0v) is 10.4. The fourth-order valence-electron chi connectivity index (χ4n) is 1.11. The highest BCUT2D eigenvalue weighted by Crippen LogP contribution is 2.08. The molecule has 0 aliphatic rings. The topological polar surface area (TPSA) is 85.1 Å². The fourth-order valence-corrected chi connectivity index (χ4v) is 2.23. The van der Waals surface area contributed by atoms with E-state index in [-0.39, 0.29) is 11.4 Å². The summed E-state index contributed by atoms with van der Waals surface area (Å²) >= 11 is 0. The summed E-state index contributed by atoms with van der Waals surface area (Å²) in [6, 6.07) is 1.48. The van der Waals surface area contributed by atoms with Crippen molar-refractivity contribution in [3.63, 3.8) is 0 Å². The van der Waals surface area contributed by atoms with Crippen molar-refractivity contribution in [2.75, 3.05) is 13.1 Å². The first-order chi connectivity index (χ1) is 8.10. The summed E-state index contributed by atoms with van der Waals surface area (Å²) in [7, 11) is -3.48. The minimum atomic E-state index is -3.48. The van der Waals surface area contributed by atoms with Crippen LogP contribution in [0.5, 0.6) is 0 Å². The van der Waals surface area contributed by atoms with Gasteiger partial charge in [0.15, 0.2) is 0 Å². The van der Waals surface area contributed by atoms with Crippen LogP contribution in [0.2, 0.25) is 0 Å². The van der Waals surface area contributed by atoms with Gasteiger partial charge in [0.2, 0.25) is 10.0 Å². The maximum Gasteiger partial charge on any atom is 0.242 e. The molecule has 1 heterocycles. The molecular weight excluding hydrogens is 238 g/mol. The average Bonchev–Trinajstić information content (AvgIpc) is 2.34. The van der Waals surface area contributed by atoms with Crippen LogP contribution in [-0.4, -0.2) is 26.5 Å². The molecule has 0 spiro atoms. The summed E-state index contributed by atoms with van der Waals surface area (Å²) < 4.78 is 26.1. The van der Waals surface area contributed by atoms with Crippen LogP contribution < -0.4 is 10.5 Å². The summed E-state index contributed by atoms with van der Waals surface area (Å²) in [5.74, 6) is 5.39. The van der Waals surface area contributed by atoms with E-state index in [2.05, 4.69) is 21.5 Å². The summed E-state index contributed by atoms with van der Waals surface area (Å²) in [6.45, 7) is 2.52. The number of hydrogen-bond donors (Lipinski definition) is 2. The third-order valence-corrected chi connectivity index (χ3v) is 3.33. The van der Waals surface area contributed by atoms with E-state index in [0.717, 1.165) is 6.42 Å². The van der Waals surface area contributed by atoms with E-state index in [0.29, 0.717) is 12.1 Å². The Kier molecular flexibility index (Phi) is 5.10. The standard InChI is InChI=1S/C11H15N3O2S/c1-2-6-14-17(15,16)11-7-10(4-3-5-12)8-13-9-11/h7-9,14H,2,5-6,12H2,1H3. The van der Waals surface area contributed by atoms with E-state index in [1.54, 1.807) is 0 Å². The van der Waals surface area contributed by atoms with Gasteiger partial charge in [-0.25, -0.2) is 13.1 Å². The molecule has 0 amide bonds. The van der Waals surface area contributed by atoms with Gasteiger partial charge in [0.05, 0.1) is 6.54 Å². The molecule has 1 aromatic rings. The molecule has 0 saturated heterocycles. The molecule has 17 heavy (non-hydrogen) atoms. The highest BCUT2D eigenvalue weighted by Gasteiger charge is 2.13. The van der Waals surface area contributed by atoms with E-state index in [9.17, 15) is 8.42 Å². The van der Waals surface area contributed by atoms with Crippen molar-refractivity contribution in [1.82, 2.24) is 9.71 Å². The lowest BCUT2D eigenvalue weighted by atomic mass is 10.3. The number of aromatic nitrogens is 1.